The summed E-state index contributed by atoms with van der Waals surface area (Å²) in [5.41, 5.74) is 9.99. The number of benzene rings is 1. The van der Waals surface area contributed by atoms with E-state index in [1.165, 1.54) is 6.07 Å². The van der Waals surface area contributed by atoms with Crippen molar-refractivity contribution in [2.45, 2.75) is 12.6 Å². The Balaban J connectivity index is 1.97. The summed E-state index contributed by atoms with van der Waals surface area (Å²) in [5.74, 6) is -0.296. The summed E-state index contributed by atoms with van der Waals surface area (Å²) < 4.78 is 21.8. The van der Waals surface area contributed by atoms with Gasteiger partial charge in [-0.25, -0.2) is 4.39 Å². The van der Waals surface area contributed by atoms with E-state index in [1.807, 2.05) is 7.05 Å². The fourth-order valence-electron chi connectivity index (χ4n) is 2.97. The topological polar surface area (TPSA) is 66.0 Å². The van der Waals surface area contributed by atoms with Gasteiger partial charge in [0.2, 0.25) is 0 Å². The highest BCUT2D eigenvalue weighted by molar-refractivity contribution is 5.85. The Morgan fingerprint density at radius 3 is 3.00 bits per heavy atom. The van der Waals surface area contributed by atoms with Gasteiger partial charge in [-0.1, -0.05) is 0 Å². The molecule has 0 bridgehead atoms. The highest BCUT2D eigenvalue weighted by atomic mass is 19.1. The van der Waals surface area contributed by atoms with E-state index in [9.17, 15) is 4.39 Å². The molecule has 2 aromatic heterocycles. The average molecular weight is 298 g/mol. The first kappa shape index (κ1) is 13.4. The summed E-state index contributed by atoms with van der Waals surface area (Å²) in [6.45, 7) is 0.880. The standard InChI is InChI=1S/C16H15FN4O/c1-21-16-3-10(14(17)2-9(16)4-20-21)11-5-19-6-12-13(11)7-22-8-15(12)18/h2-6,15H,7-8,18H2,1H3. The molecule has 1 aromatic carbocycles. The van der Waals surface area contributed by atoms with Gasteiger partial charge < -0.3 is 10.5 Å². The van der Waals surface area contributed by atoms with Gasteiger partial charge in [-0.05, 0) is 23.3 Å². The average Bonchev–Trinajstić information content (AvgIpc) is 2.87. The first-order valence-corrected chi connectivity index (χ1v) is 7.07. The van der Waals surface area contributed by atoms with Gasteiger partial charge in [0.15, 0.2) is 0 Å². The van der Waals surface area contributed by atoms with Crippen LogP contribution in [-0.4, -0.2) is 21.4 Å². The van der Waals surface area contributed by atoms with E-state index in [0.29, 0.717) is 18.8 Å². The summed E-state index contributed by atoms with van der Waals surface area (Å²) in [5, 5.41) is 4.93. The molecule has 3 aromatic rings. The van der Waals surface area contributed by atoms with Gasteiger partial charge >= 0.3 is 0 Å². The van der Waals surface area contributed by atoms with E-state index in [2.05, 4.69) is 10.1 Å². The van der Waals surface area contributed by atoms with Crippen molar-refractivity contribution < 1.29 is 9.13 Å². The van der Waals surface area contributed by atoms with Crippen LogP contribution in [0.5, 0.6) is 0 Å². The molecule has 1 aliphatic rings. The van der Waals surface area contributed by atoms with Crippen molar-refractivity contribution in [3.05, 3.63) is 47.7 Å². The molecule has 1 aliphatic heterocycles. The van der Waals surface area contributed by atoms with Crippen LogP contribution in [0.1, 0.15) is 17.2 Å². The number of hydrogen-bond acceptors (Lipinski definition) is 4. The minimum atomic E-state index is -0.296. The maximum absolute atomic E-state index is 14.5. The van der Waals surface area contributed by atoms with Crippen molar-refractivity contribution in [1.29, 1.82) is 0 Å². The summed E-state index contributed by atoms with van der Waals surface area (Å²) in [6.07, 6.45) is 5.06. The van der Waals surface area contributed by atoms with Crippen molar-refractivity contribution in [1.82, 2.24) is 14.8 Å². The van der Waals surface area contributed by atoms with Crippen molar-refractivity contribution >= 4 is 10.9 Å². The van der Waals surface area contributed by atoms with Crippen molar-refractivity contribution in [3.63, 3.8) is 0 Å². The minimum absolute atomic E-state index is 0.223. The van der Waals surface area contributed by atoms with Crippen LogP contribution in [0.2, 0.25) is 0 Å². The van der Waals surface area contributed by atoms with Crippen LogP contribution in [0.15, 0.2) is 30.7 Å². The van der Waals surface area contributed by atoms with Crippen molar-refractivity contribution in [2.75, 3.05) is 6.61 Å². The molecule has 0 radical (unpaired) electrons. The number of nitrogens with zero attached hydrogens (tertiary/aromatic N) is 3. The third-order valence-electron chi connectivity index (χ3n) is 4.16. The molecule has 4 rings (SSSR count). The molecule has 5 nitrogen and oxygen atoms in total. The molecule has 1 unspecified atom stereocenters. The zero-order chi connectivity index (χ0) is 15.3. The zero-order valence-corrected chi connectivity index (χ0v) is 12.1. The minimum Gasteiger partial charge on any atom is -0.375 e. The smallest absolute Gasteiger partial charge is 0.131 e. The molecule has 112 valence electrons. The van der Waals surface area contributed by atoms with Crippen LogP contribution >= 0.6 is 0 Å². The Kier molecular flexibility index (Phi) is 2.95. The fourth-order valence-corrected chi connectivity index (χ4v) is 2.97. The van der Waals surface area contributed by atoms with Gasteiger partial charge in [-0.2, -0.15) is 5.10 Å². The number of ether oxygens (including phenoxy) is 1. The highest BCUT2D eigenvalue weighted by Gasteiger charge is 2.22. The maximum Gasteiger partial charge on any atom is 0.131 e. The second-order valence-corrected chi connectivity index (χ2v) is 5.54. The molecule has 6 heteroatoms. The first-order chi connectivity index (χ1) is 10.6. The number of aromatic nitrogens is 3. The van der Waals surface area contributed by atoms with Gasteiger partial charge in [-0.3, -0.25) is 9.67 Å². The molecule has 22 heavy (non-hydrogen) atoms. The van der Waals surface area contributed by atoms with Gasteiger partial charge in [0.25, 0.3) is 0 Å². The number of halogens is 1. The lowest BCUT2D eigenvalue weighted by atomic mass is 9.93. The van der Waals surface area contributed by atoms with Gasteiger partial charge in [-0.15, -0.1) is 0 Å². The maximum atomic E-state index is 14.5. The number of pyridine rings is 1. The molecule has 0 amide bonds. The van der Waals surface area contributed by atoms with E-state index < -0.39 is 0 Å². The number of rotatable bonds is 1. The van der Waals surface area contributed by atoms with Crippen LogP contribution in [0.3, 0.4) is 0 Å². The Morgan fingerprint density at radius 2 is 2.14 bits per heavy atom. The molecule has 3 heterocycles. The first-order valence-electron chi connectivity index (χ1n) is 7.07. The van der Waals surface area contributed by atoms with Crippen LogP contribution in [0.25, 0.3) is 22.0 Å². The largest absolute Gasteiger partial charge is 0.375 e. The van der Waals surface area contributed by atoms with Crippen LogP contribution < -0.4 is 5.73 Å². The quantitative estimate of drug-likeness (QED) is 0.748. The second-order valence-electron chi connectivity index (χ2n) is 5.54. The molecule has 0 spiro atoms. The second kappa shape index (κ2) is 4.86. The normalized spacial score (nSPS) is 17.7. The van der Waals surface area contributed by atoms with Gasteiger partial charge in [0, 0.05) is 36.0 Å². The van der Waals surface area contributed by atoms with Gasteiger partial charge in [0.05, 0.1) is 31.0 Å². The molecular formula is C16H15FN4O. The van der Waals surface area contributed by atoms with Crippen molar-refractivity contribution in [3.8, 4) is 11.1 Å². The highest BCUT2D eigenvalue weighted by Crippen LogP contribution is 2.34. The van der Waals surface area contributed by atoms with Crippen LogP contribution in [-0.2, 0) is 18.4 Å². The number of hydrogen-bond donors (Lipinski definition) is 1. The molecule has 0 fully saturated rings. The van der Waals surface area contributed by atoms with E-state index in [4.69, 9.17) is 10.5 Å². The Morgan fingerprint density at radius 1 is 1.27 bits per heavy atom. The van der Waals surface area contributed by atoms with E-state index in [-0.39, 0.29) is 11.9 Å². The lowest BCUT2D eigenvalue weighted by molar-refractivity contribution is 0.0925. The Labute approximate surface area is 126 Å². The summed E-state index contributed by atoms with van der Waals surface area (Å²) in [7, 11) is 1.84. The summed E-state index contributed by atoms with van der Waals surface area (Å²) >= 11 is 0. The zero-order valence-electron chi connectivity index (χ0n) is 12.1. The predicted molar refractivity (Wildman–Crippen MR) is 80.5 cm³/mol. The molecule has 2 N–H and O–H groups in total. The van der Waals surface area contributed by atoms with Gasteiger partial charge in [0.1, 0.15) is 5.82 Å². The van der Waals surface area contributed by atoms with E-state index in [0.717, 1.165) is 27.6 Å². The van der Waals surface area contributed by atoms with Crippen LogP contribution in [0, 0.1) is 5.82 Å². The third-order valence-corrected chi connectivity index (χ3v) is 4.16. The summed E-state index contributed by atoms with van der Waals surface area (Å²) in [4.78, 5) is 4.23. The Bertz CT molecular complexity index is 874. The number of aryl methyl sites for hydroxylation is 1. The fraction of sp³-hybridized carbons (Fsp3) is 0.250. The molecule has 0 saturated carbocycles. The van der Waals surface area contributed by atoms with Crippen molar-refractivity contribution in [2.24, 2.45) is 12.8 Å². The molecular weight excluding hydrogens is 283 g/mol. The molecule has 0 saturated heterocycles. The number of fused-ring (bicyclic) bond motifs is 2. The predicted octanol–water partition coefficient (Wildman–Crippen LogP) is 2.30. The Hall–Kier alpha value is -2.31. The SMILES string of the molecule is Cn1ncc2cc(F)c(-c3cncc4c3COCC4N)cc21. The summed E-state index contributed by atoms with van der Waals surface area (Å²) in [6, 6.07) is 3.08. The third kappa shape index (κ3) is 1.92. The number of nitrogens with two attached hydrogens (primary N) is 1. The van der Waals surface area contributed by atoms with Crippen LogP contribution in [0.4, 0.5) is 4.39 Å². The van der Waals surface area contributed by atoms with E-state index in [1.54, 1.807) is 29.3 Å². The van der Waals surface area contributed by atoms with E-state index >= 15 is 0 Å². The molecule has 1 atom stereocenters. The lowest BCUT2D eigenvalue weighted by Crippen LogP contribution is -2.24. The monoisotopic (exact) mass is 298 g/mol. The lowest BCUT2D eigenvalue weighted by Gasteiger charge is -2.24. The molecule has 0 aliphatic carbocycles.